The van der Waals surface area contributed by atoms with E-state index >= 15 is 0 Å². The molecular formula is C16H18N4O5S2. The van der Waals surface area contributed by atoms with Crippen molar-refractivity contribution in [2.75, 3.05) is 31.7 Å². The maximum Gasteiger partial charge on any atom is 0.259 e. The van der Waals surface area contributed by atoms with Crippen molar-refractivity contribution in [3.8, 4) is 0 Å². The van der Waals surface area contributed by atoms with E-state index < -0.39 is 26.0 Å². The van der Waals surface area contributed by atoms with Gasteiger partial charge in [0.2, 0.25) is 10.0 Å². The molecule has 0 unspecified atom stereocenters. The molecule has 0 saturated heterocycles. The van der Waals surface area contributed by atoms with E-state index in [-0.39, 0.29) is 34.3 Å². The SMILES string of the molecule is CN(C)S(=O)(=O)c1ccccc1NC(=O)C1=CC=CN2CCS(=O)(=O)N=C12. The molecule has 27 heavy (non-hydrogen) atoms. The molecule has 1 N–H and O–H groups in total. The second kappa shape index (κ2) is 6.91. The summed E-state index contributed by atoms with van der Waals surface area (Å²) in [5.74, 6) is -0.768. The number of fused-ring (bicyclic) bond motifs is 1. The van der Waals surface area contributed by atoms with Crippen molar-refractivity contribution >= 4 is 37.5 Å². The average molecular weight is 410 g/mol. The first kappa shape index (κ1) is 19.3. The predicted molar refractivity (Wildman–Crippen MR) is 101 cm³/mol. The van der Waals surface area contributed by atoms with Crippen molar-refractivity contribution in [3.05, 3.63) is 48.2 Å². The zero-order chi connectivity index (χ0) is 19.8. The van der Waals surface area contributed by atoms with Gasteiger partial charge in [-0.3, -0.25) is 4.79 Å². The van der Waals surface area contributed by atoms with Crippen LogP contribution in [0.4, 0.5) is 5.69 Å². The molecule has 2 heterocycles. The lowest BCUT2D eigenvalue weighted by Gasteiger charge is -2.28. The number of hydrogen-bond donors (Lipinski definition) is 1. The summed E-state index contributed by atoms with van der Waals surface area (Å²) in [6, 6.07) is 5.99. The molecular weight excluding hydrogens is 392 g/mol. The fourth-order valence-electron chi connectivity index (χ4n) is 2.57. The van der Waals surface area contributed by atoms with Gasteiger partial charge in [0.1, 0.15) is 4.90 Å². The summed E-state index contributed by atoms with van der Waals surface area (Å²) in [6.07, 6.45) is 4.68. The summed E-state index contributed by atoms with van der Waals surface area (Å²) in [6.45, 7) is 0.188. The molecule has 0 radical (unpaired) electrons. The lowest BCUT2D eigenvalue weighted by atomic mass is 10.1. The second-order valence-electron chi connectivity index (χ2n) is 6.05. The van der Waals surface area contributed by atoms with Crippen LogP contribution in [0.15, 0.2) is 57.5 Å². The van der Waals surface area contributed by atoms with Crippen molar-refractivity contribution in [3.63, 3.8) is 0 Å². The highest BCUT2D eigenvalue weighted by Gasteiger charge is 2.31. The highest BCUT2D eigenvalue weighted by atomic mass is 32.2. The lowest BCUT2D eigenvalue weighted by molar-refractivity contribution is -0.112. The third kappa shape index (κ3) is 3.80. The van der Waals surface area contributed by atoms with Crippen molar-refractivity contribution in [2.45, 2.75) is 4.90 Å². The molecule has 144 valence electrons. The molecule has 0 saturated carbocycles. The van der Waals surface area contributed by atoms with E-state index in [9.17, 15) is 21.6 Å². The summed E-state index contributed by atoms with van der Waals surface area (Å²) in [7, 11) is -4.64. The van der Waals surface area contributed by atoms with Gasteiger partial charge >= 0.3 is 0 Å². The van der Waals surface area contributed by atoms with Gasteiger partial charge in [-0.15, -0.1) is 4.40 Å². The van der Waals surface area contributed by atoms with Gasteiger partial charge in [-0.25, -0.2) is 21.1 Å². The average Bonchev–Trinajstić information content (AvgIpc) is 2.60. The first-order valence-corrected chi connectivity index (χ1v) is 11.0. The predicted octanol–water partition coefficient (Wildman–Crippen LogP) is 0.373. The standard InChI is InChI=1S/C16H18N4O5S2/c1-19(2)27(24,25)14-8-4-3-7-13(14)17-16(21)12-6-5-9-20-10-11-26(22,23)18-15(12)20/h3-9H,10-11H2,1-2H3,(H,17,21). The van der Waals surface area contributed by atoms with E-state index in [4.69, 9.17) is 0 Å². The molecule has 0 aliphatic carbocycles. The molecule has 0 fully saturated rings. The van der Waals surface area contributed by atoms with Gasteiger partial charge in [-0.1, -0.05) is 12.1 Å². The monoisotopic (exact) mass is 410 g/mol. The van der Waals surface area contributed by atoms with E-state index in [0.29, 0.717) is 0 Å². The van der Waals surface area contributed by atoms with E-state index in [1.54, 1.807) is 29.3 Å². The van der Waals surface area contributed by atoms with Crippen LogP contribution in [0.3, 0.4) is 0 Å². The Morgan fingerprint density at radius 3 is 2.67 bits per heavy atom. The Bertz CT molecular complexity index is 1090. The highest BCUT2D eigenvalue weighted by molar-refractivity contribution is 7.90. The van der Waals surface area contributed by atoms with Crippen LogP contribution < -0.4 is 5.32 Å². The minimum absolute atomic E-state index is 0.0224. The topological polar surface area (TPSA) is 116 Å². The number of nitrogens with one attached hydrogen (secondary N) is 1. The first-order chi connectivity index (χ1) is 12.6. The van der Waals surface area contributed by atoms with Crippen molar-refractivity contribution in [1.29, 1.82) is 0 Å². The summed E-state index contributed by atoms with van der Waals surface area (Å²) >= 11 is 0. The number of amides is 1. The molecule has 2 aliphatic rings. The van der Waals surface area contributed by atoms with E-state index in [2.05, 4.69) is 9.71 Å². The van der Waals surface area contributed by atoms with E-state index in [0.717, 1.165) is 4.31 Å². The molecule has 11 heteroatoms. The smallest absolute Gasteiger partial charge is 0.259 e. The molecule has 0 aromatic heterocycles. The molecule has 1 amide bonds. The minimum atomic E-state index is -3.78. The number of rotatable bonds is 4. The van der Waals surface area contributed by atoms with Crippen molar-refractivity contribution in [1.82, 2.24) is 9.21 Å². The Hall–Kier alpha value is -2.50. The fourth-order valence-corrected chi connectivity index (χ4v) is 4.60. The molecule has 0 atom stereocenters. The van der Waals surface area contributed by atoms with Gasteiger partial charge in [0.25, 0.3) is 15.9 Å². The van der Waals surface area contributed by atoms with Crippen molar-refractivity contribution in [2.24, 2.45) is 4.40 Å². The largest absolute Gasteiger partial charge is 0.331 e. The number of anilines is 1. The Labute approximate surface area is 157 Å². The van der Waals surface area contributed by atoms with Gasteiger partial charge in [-0.05, 0) is 24.3 Å². The van der Waals surface area contributed by atoms with Gasteiger partial charge in [0.15, 0.2) is 5.84 Å². The van der Waals surface area contributed by atoms with Gasteiger partial charge in [-0.2, -0.15) is 0 Å². The van der Waals surface area contributed by atoms with Gasteiger partial charge in [0, 0.05) is 26.8 Å². The summed E-state index contributed by atoms with van der Waals surface area (Å²) in [4.78, 5) is 14.3. The van der Waals surface area contributed by atoms with E-state index in [1.165, 1.54) is 32.3 Å². The minimum Gasteiger partial charge on any atom is -0.331 e. The van der Waals surface area contributed by atoms with Crippen LogP contribution in [0.1, 0.15) is 0 Å². The van der Waals surface area contributed by atoms with Crippen LogP contribution >= 0.6 is 0 Å². The summed E-state index contributed by atoms with van der Waals surface area (Å²) in [5, 5.41) is 2.55. The number of amidine groups is 1. The van der Waals surface area contributed by atoms with Crippen molar-refractivity contribution < 1.29 is 21.6 Å². The zero-order valence-electron chi connectivity index (χ0n) is 14.7. The number of allylic oxidation sites excluding steroid dienone is 2. The van der Waals surface area contributed by atoms with Crippen LogP contribution in [-0.2, 0) is 24.8 Å². The first-order valence-electron chi connectivity index (χ1n) is 7.93. The highest BCUT2D eigenvalue weighted by Crippen LogP contribution is 2.25. The molecule has 0 bridgehead atoms. The second-order valence-corrected chi connectivity index (χ2v) is 9.93. The fraction of sp³-hybridized carbons (Fsp3) is 0.250. The molecule has 1 aromatic carbocycles. The van der Waals surface area contributed by atoms with Gasteiger partial charge < -0.3 is 10.2 Å². The number of carbonyl (C=O) groups is 1. The number of benzene rings is 1. The molecule has 3 rings (SSSR count). The molecule has 9 nitrogen and oxygen atoms in total. The van der Waals surface area contributed by atoms with Crippen LogP contribution in [0, 0.1) is 0 Å². The maximum absolute atomic E-state index is 12.8. The summed E-state index contributed by atoms with van der Waals surface area (Å²) in [5.41, 5.74) is 0.135. The normalized spacial score (nSPS) is 18.6. The number of nitrogens with zero attached hydrogens (tertiary/aromatic N) is 3. The number of hydrogen-bond acceptors (Lipinski definition) is 6. The number of para-hydroxylation sites is 1. The van der Waals surface area contributed by atoms with Gasteiger partial charge in [0.05, 0.1) is 17.0 Å². The Morgan fingerprint density at radius 2 is 1.96 bits per heavy atom. The third-order valence-corrected chi connectivity index (χ3v) is 7.02. The molecule has 0 spiro atoms. The van der Waals surface area contributed by atoms with Crippen LogP contribution in [0.2, 0.25) is 0 Å². The maximum atomic E-state index is 12.8. The third-order valence-electron chi connectivity index (χ3n) is 4.00. The lowest BCUT2D eigenvalue weighted by Crippen LogP contribution is -2.41. The zero-order valence-corrected chi connectivity index (χ0v) is 16.3. The Morgan fingerprint density at radius 1 is 1.26 bits per heavy atom. The number of sulfonamides is 2. The van der Waals surface area contributed by atoms with Crippen LogP contribution in [0.5, 0.6) is 0 Å². The Kier molecular flexibility index (Phi) is 4.93. The van der Waals surface area contributed by atoms with E-state index in [1.807, 2.05) is 0 Å². The molecule has 1 aromatic rings. The summed E-state index contributed by atoms with van der Waals surface area (Å²) < 4.78 is 53.3. The quantitative estimate of drug-likeness (QED) is 0.767. The Balaban J connectivity index is 1.97. The molecule has 2 aliphatic heterocycles. The van der Waals surface area contributed by atoms with Crippen LogP contribution in [-0.4, -0.2) is 64.2 Å². The number of carbonyl (C=O) groups excluding carboxylic acids is 1. The van der Waals surface area contributed by atoms with Crippen LogP contribution in [0.25, 0.3) is 0 Å².